The topological polar surface area (TPSA) is 72.9 Å². The van der Waals surface area contributed by atoms with E-state index in [1.165, 1.54) is 6.92 Å². The zero-order chi connectivity index (χ0) is 15.1. The maximum absolute atomic E-state index is 11.2. The third kappa shape index (κ3) is 3.77. The van der Waals surface area contributed by atoms with Crippen molar-refractivity contribution in [2.24, 2.45) is 0 Å². The first kappa shape index (κ1) is 16.1. The van der Waals surface area contributed by atoms with Gasteiger partial charge in [-0.25, -0.2) is 0 Å². The minimum atomic E-state index is -3.51. The Labute approximate surface area is 114 Å². The van der Waals surface area contributed by atoms with Crippen molar-refractivity contribution >= 4 is 16.1 Å². The molecular weight excluding hydrogens is 270 g/mol. The van der Waals surface area contributed by atoms with E-state index >= 15 is 0 Å². The molecule has 1 heterocycles. The zero-order valence-electron chi connectivity index (χ0n) is 12.2. The molecule has 0 spiro atoms. The summed E-state index contributed by atoms with van der Waals surface area (Å²) in [5.41, 5.74) is -0.394. The lowest BCUT2D eigenvalue weighted by molar-refractivity contribution is -0.228. The van der Waals surface area contributed by atoms with Gasteiger partial charge in [-0.2, -0.15) is 8.42 Å². The molecule has 1 aliphatic heterocycles. The van der Waals surface area contributed by atoms with Gasteiger partial charge in [0.1, 0.15) is 0 Å². The summed E-state index contributed by atoms with van der Waals surface area (Å²) in [6, 6.07) is 0. The molecule has 0 saturated carbocycles. The number of hydroxylamine groups is 2. The Morgan fingerprint density at radius 1 is 1.32 bits per heavy atom. The van der Waals surface area contributed by atoms with Crippen molar-refractivity contribution in [3.05, 3.63) is 11.6 Å². The van der Waals surface area contributed by atoms with Crippen LogP contribution in [0, 0.1) is 0 Å². The average molecular weight is 291 g/mol. The van der Waals surface area contributed by atoms with Crippen LogP contribution in [0.2, 0.25) is 0 Å². The van der Waals surface area contributed by atoms with Crippen molar-refractivity contribution in [1.29, 1.82) is 0 Å². The lowest BCUT2D eigenvalue weighted by Crippen LogP contribution is -2.51. The van der Waals surface area contributed by atoms with E-state index in [4.69, 9.17) is 9.02 Å². The van der Waals surface area contributed by atoms with E-state index in [9.17, 15) is 13.2 Å². The van der Waals surface area contributed by atoms with Gasteiger partial charge in [0, 0.05) is 6.92 Å². The van der Waals surface area contributed by atoms with Crippen molar-refractivity contribution in [1.82, 2.24) is 5.06 Å². The first-order chi connectivity index (χ1) is 8.36. The van der Waals surface area contributed by atoms with Crippen molar-refractivity contribution in [2.45, 2.75) is 45.7 Å². The Morgan fingerprint density at radius 2 is 1.84 bits per heavy atom. The van der Waals surface area contributed by atoms with Gasteiger partial charge in [0.05, 0.1) is 23.9 Å². The van der Waals surface area contributed by atoms with Gasteiger partial charge in [-0.3, -0.25) is 8.98 Å². The lowest BCUT2D eigenvalue weighted by Gasteiger charge is -2.39. The second-order valence-corrected chi connectivity index (χ2v) is 7.37. The molecular formula is C12H21NO5S. The third-order valence-corrected chi connectivity index (χ3v) is 3.54. The average Bonchev–Trinajstić information content (AvgIpc) is 2.33. The van der Waals surface area contributed by atoms with Gasteiger partial charge in [0.2, 0.25) is 0 Å². The number of carbonyl (C=O) groups is 1. The van der Waals surface area contributed by atoms with Crippen LogP contribution in [-0.2, 0) is 23.9 Å². The predicted molar refractivity (Wildman–Crippen MR) is 70.6 cm³/mol. The molecule has 0 aromatic heterocycles. The van der Waals surface area contributed by atoms with Crippen molar-refractivity contribution in [3.8, 4) is 0 Å². The summed E-state index contributed by atoms with van der Waals surface area (Å²) in [6.07, 6.45) is 2.87. The summed E-state index contributed by atoms with van der Waals surface area (Å²) in [4.78, 5) is 16.4. The SMILES string of the molecule is CC(=O)ON1C(C)(C)C=C(COS(C)(=O)=O)C1(C)C. The maximum atomic E-state index is 11.2. The molecule has 0 aromatic rings. The smallest absolute Gasteiger partial charge is 0.322 e. The van der Waals surface area contributed by atoms with Crippen LogP contribution in [0.15, 0.2) is 11.6 Å². The van der Waals surface area contributed by atoms with Crippen LogP contribution >= 0.6 is 0 Å². The predicted octanol–water partition coefficient (Wildman–Crippen LogP) is 1.24. The van der Waals surface area contributed by atoms with Crippen molar-refractivity contribution in [3.63, 3.8) is 0 Å². The van der Waals surface area contributed by atoms with Crippen LogP contribution in [0.3, 0.4) is 0 Å². The van der Waals surface area contributed by atoms with E-state index in [-0.39, 0.29) is 6.61 Å². The van der Waals surface area contributed by atoms with Gasteiger partial charge < -0.3 is 4.84 Å². The summed E-state index contributed by atoms with van der Waals surface area (Å²) in [7, 11) is -3.51. The number of nitrogens with zero attached hydrogens (tertiary/aromatic N) is 1. The van der Waals surface area contributed by atoms with E-state index in [1.807, 2.05) is 33.8 Å². The molecule has 0 radical (unpaired) electrons. The molecule has 0 fully saturated rings. The molecule has 0 aromatic carbocycles. The quantitative estimate of drug-likeness (QED) is 0.573. The minimum Gasteiger partial charge on any atom is -0.367 e. The normalized spacial score (nSPS) is 22.1. The first-order valence-electron chi connectivity index (χ1n) is 5.92. The summed E-state index contributed by atoms with van der Waals surface area (Å²) >= 11 is 0. The molecule has 6 nitrogen and oxygen atoms in total. The molecule has 19 heavy (non-hydrogen) atoms. The van der Waals surface area contributed by atoms with Crippen LogP contribution in [0.1, 0.15) is 34.6 Å². The van der Waals surface area contributed by atoms with Crippen molar-refractivity contribution in [2.75, 3.05) is 12.9 Å². The van der Waals surface area contributed by atoms with Gasteiger partial charge in [0.25, 0.3) is 10.1 Å². The summed E-state index contributed by atoms with van der Waals surface area (Å²) in [5.74, 6) is -0.417. The fraction of sp³-hybridized carbons (Fsp3) is 0.750. The van der Waals surface area contributed by atoms with Crippen LogP contribution in [0.25, 0.3) is 0 Å². The zero-order valence-corrected chi connectivity index (χ0v) is 13.0. The molecule has 0 atom stereocenters. The molecule has 0 saturated heterocycles. The second kappa shape index (κ2) is 4.88. The monoisotopic (exact) mass is 291 g/mol. The van der Waals surface area contributed by atoms with Crippen LogP contribution in [0.5, 0.6) is 0 Å². The lowest BCUT2D eigenvalue weighted by atomic mass is 9.97. The molecule has 0 N–H and O–H groups in total. The van der Waals surface area contributed by atoms with Gasteiger partial charge >= 0.3 is 5.97 Å². The van der Waals surface area contributed by atoms with Gasteiger partial charge in [-0.05, 0) is 33.3 Å². The molecule has 0 unspecified atom stereocenters. The highest BCUT2D eigenvalue weighted by atomic mass is 32.2. The Kier molecular flexibility index (Phi) is 4.15. The first-order valence-corrected chi connectivity index (χ1v) is 7.73. The van der Waals surface area contributed by atoms with E-state index in [2.05, 4.69) is 0 Å². The minimum absolute atomic E-state index is 0.0486. The van der Waals surface area contributed by atoms with Gasteiger partial charge in [0.15, 0.2) is 0 Å². The molecule has 0 bridgehead atoms. The number of rotatable bonds is 4. The summed E-state index contributed by atoms with van der Waals surface area (Å²) in [5, 5.41) is 1.56. The molecule has 1 rings (SSSR count). The fourth-order valence-electron chi connectivity index (χ4n) is 2.26. The molecule has 7 heteroatoms. The number of carbonyl (C=O) groups excluding carboxylic acids is 1. The highest BCUT2D eigenvalue weighted by molar-refractivity contribution is 7.85. The fourth-order valence-corrected chi connectivity index (χ4v) is 2.60. The summed E-state index contributed by atoms with van der Waals surface area (Å²) < 4.78 is 27.0. The van der Waals surface area contributed by atoms with E-state index in [0.29, 0.717) is 0 Å². The maximum Gasteiger partial charge on any atom is 0.322 e. The van der Waals surface area contributed by atoms with Crippen LogP contribution in [0.4, 0.5) is 0 Å². The van der Waals surface area contributed by atoms with E-state index in [0.717, 1.165) is 11.8 Å². The molecule has 1 aliphatic rings. The van der Waals surface area contributed by atoms with E-state index < -0.39 is 27.2 Å². The van der Waals surface area contributed by atoms with Crippen LogP contribution in [-0.4, -0.2) is 43.4 Å². The number of hydrogen-bond donors (Lipinski definition) is 0. The summed E-state index contributed by atoms with van der Waals surface area (Å²) in [6.45, 7) is 8.74. The second-order valence-electron chi connectivity index (χ2n) is 5.73. The Hall–Kier alpha value is -0.920. The number of hydrogen-bond acceptors (Lipinski definition) is 6. The third-order valence-electron chi connectivity index (χ3n) is 2.99. The van der Waals surface area contributed by atoms with Crippen LogP contribution < -0.4 is 0 Å². The standard InChI is InChI=1S/C12H21NO5S/c1-9(14)18-13-11(2,3)7-10(12(13,4)5)8-17-19(6,15)16/h7H,8H2,1-6H3. The largest absolute Gasteiger partial charge is 0.367 e. The van der Waals surface area contributed by atoms with E-state index in [1.54, 1.807) is 5.06 Å². The Morgan fingerprint density at radius 3 is 2.26 bits per heavy atom. The highest BCUT2D eigenvalue weighted by Gasteiger charge is 2.48. The van der Waals surface area contributed by atoms with Gasteiger partial charge in [-0.1, -0.05) is 6.08 Å². The Balaban J connectivity index is 2.98. The Bertz CT molecular complexity index is 504. The molecule has 110 valence electrons. The van der Waals surface area contributed by atoms with Gasteiger partial charge in [-0.15, -0.1) is 5.06 Å². The molecule has 0 amide bonds. The molecule has 0 aliphatic carbocycles. The highest BCUT2D eigenvalue weighted by Crippen LogP contribution is 2.40. The van der Waals surface area contributed by atoms with Crippen molar-refractivity contribution < 1.29 is 22.2 Å².